The van der Waals surface area contributed by atoms with Crippen molar-refractivity contribution in [3.63, 3.8) is 0 Å². The highest BCUT2D eigenvalue weighted by Gasteiger charge is 2.17. The Hall–Kier alpha value is -0.610. The maximum Gasteiger partial charge on any atom is 0.221 e. The first-order valence-electron chi connectivity index (χ1n) is 5.45. The fraction of sp³-hybridized carbons (Fsp3) is 0.900. The molecular weight excluding hydrogens is 178 g/mol. The molecule has 82 valence electrons. The first-order valence-corrected chi connectivity index (χ1v) is 5.45. The normalized spacial score (nSPS) is 23.4. The summed E-state index contributed by atoms with van der Waals surface area (Å²) in [4.78, 5) is 13.6. The quantitative estimate of drug-likeness (QED) is 0.659. The van der Waals surface area contributed by atoms with Crippen molar-refractivity contribution in [3.8, 4) is 0 Å². The standard InChI is InChI=1S/C10H21N3O/c1-3-12-10(14)4-6-13-7-5-11-8-9(13)2/h9,11H,3-8H2,1-2H3,(H,12,14)/t9-/m0/s1. The Morgan fingerprint density at radius 3 is 3.07 bits per heavy atom. The average Bonchev–Trinajstić information content (AvgIpc) is 2.17. The summed E-state index contributed by atoms with van der Waals surface area (Å²) in [6.45, 7) is 8.90. The van der Waals surface area contributed by atoms with E-state index in [4.69, 9.17) is 0 Å². The summed E-state index contributed by atoms with van der Waals surface area (Å²) in [7, 11) is 0. The van der Waals surface area contributed by atoms with Crippen LogP contribution in [0, 0.1) is 0 Å². The molecule has 0 bridgehead atoms. The van der Waals surface area contributed by atoms with Gasteiger partial charge in [-0.05, 0) is 13.8 Å². The molecule has 0 unspecified atom stereocenters. The molecule has 1 fully saturated rings. The van der Waals surface area contributed by atoms with Gasteiger partial charge in [-0.1, -0.05) is 0 Å². The van der Waals surface area contributed by atoms with Crippen molar-refractivity contribution >= 4 is 5.91 Å². The molecule has 1 atom stereocenters. The van der Waals surface area contributed by atoms with E-state index in [2.05, 4.69) is 22.5 Å². The highest BCUT2D eigenvalue weighted by atomic mass is 16.1. The Kier molecular flexibility index (Phi) is 4.90. The minimum Gasteiger partial charge on any atom is -0.356 e. The summed E-state index contributed by atoms with van der Waals surface area (Å²) in [6, 6.07) is 0.554. The number of piperazine rings is 1. The van der Waals surface area contributed by atoms with E-state index >= 15 is 0 Å². The molecule has 1 aliphatic rings. The van der Waals surface area contributed by atoms with Gasteiger partial charge in [0.2, 0.25) is 5.91 Å². The number of hydrogen-bond acceptors (Lipinski definition) is 3. The molecule has 2 N–H and O–H groups in total. The fourth-order valence-electron chi connectivity index (χ4n) is 1.75. The predicted molar refractivity (Wildman–Crippen MR) is 57.2 cm³/mol. The predicted octanol–water partition coefficient (Wildman–Crippen LogP) is -0.194. The lowest BCUT2D eigenvalue weighted by molar-refractivity contribution is -0.121. The maximum absolute atomic E-state index is 11.2. The van der Waals surface area contributed by atoms with Crippen LogP contribution in [0.1, 0.15) is 20.3 Å². The molecule has 4 heteroatoms. The van der Waals surface area contributed by atoms with Crippen molar-refractivity contribution in [3.05, 3.63) is 0 Å². The summed E-state index contributed by atoms with van der Waals surface area (Å²) < 4.78 is 0. The second kappa shape index (κ2) is 5.98. The summed E-state index contributed by atoms with van der Waals surface area (Å²) in [5, 5.41) is 6.15. The molecule has 0 aliphatic carbocycles. The Balaban J connectivity index is 2.19. The lowest BCUT2D eigenvalue weighted by atomic mass is 10.2. The number of carbonyl (C=O) groups excluding carboxylic acids is 1. The molecule has 14 heavy (non-hydrogen) atoms. The molecule has 1 aliphatic heterocycles. The molecular formula is C10H21N3O. The molecule has 0 spiro atoms. The second-order valence-electron chi connectivity index (χ2n) is 3.79. The molecule has 0 aromatic carbocycles. The van der Waals surface area contributed by atoms with Gasteiger partial charge < -0.3 is 10.6 Å². The zero-order valence-electron chi connectivity index (χ0n) is 9.18. The number of carbonyl (C=O) groups is 1. The monoisotopic (exact) mass is 199 g/mol. The van der Waals surface area contributed by atoms with Crippen molar-refractivity contribution in [2.24, 2.45) is 0 Å². The first-order chi connectivity index (χ1) is 6.74. The van der Waals surface area contributed by atoms with Crippen LogP contribution in [0.2, 0.25) is 0 Å². The van der Waals surface area contributed by atoms with Crippen LogP contribution in [-0.4, -0.2) is 49.6 Å². The Morgan fingerprint density at radius 2 is 2.43 bits per heavy atom. The average molecular weight is 199 g/mol. The Bertz CT molecular complexity index is 184. The number of hydrogen-bond donors (Lipinski definition) is 2. The third kappa shape index (κ3) is 3.64. The van der Waals surface area contributed by atoms with Crippen LogP contribution in [0.3, 0.4) is 0 Å². The number of rotatable bonds is 4. The van der Waals surface area contributed by atoms with Crippen LogP contribution >= 0.6 is 0 Å². The lowest BCUT2D eigenvalue weighted by Crippen LogP contribution is -2.50. The van der Waals surface area contributed by atoms with Gasteiger partial charge in [0, 0.05) is 45.2 Å². The van der Waals surface area contributed by atoms with Gasteiger partial charge in [0.05, 0.1) is 0 Å². The van der Waals surface area contributed by atoms with Gasteiger partial charge in [0.25, 0.3) is 0 Å². The molecule has 0 aromatic heterocycles. The van der Waals surface area contributed by atoms with Gasteiger partial charge in [-0.15, -0.1) is 0 Å². The van der Waals surface area contributed by atoms with Crippen LogP contribution in [0.5, 0.6) is 0 Å². The molecule has 1 amide bonds. The summed E-state index contributed by atoms with van der Waals surface area (Å²) >= 11 is 0. The van der Waals surface area contributed by atoms with E-state index in [-0.39, 0.29) is 5.91 Å². The number of nitrogens with one attached hydrogen (secondary N) is 2. The lowest BCUT2D eigenvalue weighted by Gasteiger charge is -2.33. The zero-order chi connectivity index (χ0) is 10.4. The summed E-state index contributed by atoms with van der Waals surface area (Å²) in [5.74, 6) is 0.165. The largest absolute Gasteiger partial charge is 0.356 e. The molecule has 4 nitrogen and oxygen atoms in total. The zero-order valence-corrected chi connectivity index (χ0v) is 9.18. The van der Waals surface area contributed by atoms with Crippen LogP contribution in [0.25, 0.3) is 0 Å². The van der Waals surface area contributed by atoms with Gasteiger partial charge in [-0.3, -0.25) is 9.69 Å². The van der Waals surface area contributed by atoms with Gasteiger partial charge in [-0.2, -0.15) is 0 Å². The third-order valence-electron chi connectivity index (χ3n) is 2.64. The second-order valence-corrected chi connectivity index (χ2v) is 3.79. The molecule has 0 saturated carbocycles. The smallest absolute Gasteiger partial charge is 0.221 e. The van der Waals surface area contributed by atoms with Crippen LogP contribution < -0.4 is 10.6 Å². The molecule has 0 radical (unpaired) electrons. The highest BCUT2D eigenvalue weighted by molar-refractivity contribution is 5.75. The van der Waals surface area contributed by atoms with Gasteiger partial charge in [-0.25, -0.2) is 0 Å². The topological polar surface area (TPSA) is 44.4 Å². The maximum atomic E-state index is 11.2. The van der Waals surface area contributed by atoms with E-state index in [0.29, 0.717) is 12.5 Å². The summed E-state index contributed by atoms with van der Waals surface area (Å²) in [6.07, 6.45) is 0.623. The number of amides is 1. The fourth-order valence-corrected chi connectivity index (χ4v) is 1.75. The molecule has 1 saturated heterocycles. The highest BCUT2D eigenvalue weighted by Crippen LogP contribution is 2.02. The molecule has 0 aromatic rings. The summed E-state index contributed by atoms with van der Waals surface area (Å²) in [5.41, 5.74) is 0. The minimum atomic E-state index is 0.165. The Morgan fingerprint density at radius 1 is 1.64 bits per heavy atom. The van der Waals surface area contributed by atoms with Crippen LogP contribution in [-0.2, 0) is 4.79 Å². The van der Waals surface area contributed by atoms with E-state index in [9.17, 15) is 4.79 Å². The molecule has 1 rings (SSSR count). The van der Waals surface area contributed by atoms with Crippen molar-refractivity contribution in [2.45, 2.75) is 26.3 Å². The van der Waals surface area contributed by atoms with Crippen molar-refractivity contribution in [2.75, 3.05) is 32.7 Å². The van der Waals surface area contributed by atoms with Gasteiger partial charge in [0.15, 0.2) is 0 Å². The van der Waals surface area contributed by atoms with E-state index in [0.717, 1.165) is 32.7 Å². The SMILES string of the molecule is CCNC(=O)CCN1CCNC[C@@H]1C. The van der Waals surface area contributed by atoms with Crippen LogP contribution in [0.15, 0.2) is 0 Å². The molecule has 1 heterocycles. The third-order valence-corrected chi connectivity index (χ3v) is 2.64. The van der Waals surface area contributed by atoms with Crippen molar-refractivity contribution in [1.29, 1.82) is 0 Å². The van der Waals surface area contributed by atoms with Crippen molar-refractivity contribution in [1.82, 2.24) is 15.5 Å². The number of nitrogens with zero attached hydrogens (tertiary/aromatic N) is 1. The van der Waals surface area contributed by atoms with Crippen LogP contribution in [0.4, 0.5) is 0 Å². The van der Waals surface area contributed by atoms with E-state index in [1.165, 1.54) is 0 Å². The Labute approximate surface area is 86.0 Å². The van der Waals surface area contributed by atoms with E-state index in [1.54, 1.807) is 0 Å². The minimum absolute atomic E-state index is 0.165. The van der Waals surface area contributed by atoms with E-state index in [1.807, 2.05) is 6.92 Å². The van der Waals surface area contributed by atoms with E-state index < -0.39 is 0 Å². The first kappa shape index (κ1) is 11.5. The van der Waals surface area contributed by atoms with Gasteiger partial charge in [0.1, 0.15) is 0 Å². The van der Waals surface area contributed by atoms with Crippen molar-refractivity contribution < 1.29 is 4.79 Å². The van der Waals surface area contributed by atoms with Gasteiger partial charge >= 0.3 is 0 Å².